The Labute approximate surface area is 97.4 Å². The van der Waals surface area contributed by atoms with Gasteiger partial charge in [0, 0.05) is 11.8 Å². The lowest BCUT2D eigenvalue weighted by Crippen LogP contribution is -2.10. The summed E-state index contributed by atoms with van der Waals surface area (Å²) in [6.45, 7) is 0. The van der Waals surface area contributed by atoms with Crippen molar-refractivity contribution >= 4 is 29.3 Å². The van der Waals surface area contributed by atoms with E-state index in [0.717, 1.165) is 17.8 Å². The summed E-state index contributed by atoms with van der Waals surface area (Å²) in [5, 5.41) is 11.3. The number of amides is 1. The molecule has 1 rings (SSSR count). The smallest absolute Gasteiger partial charge is 0.342 e. The summed E-state index contributed by atoms with van der Waals surface area (Å²) in [5.41, 5.74) is 0.634. The Balaban J connectivity index is 2.70. The molecule has 0 aromatic heterocycles. The number of anilines is 1. The molecule has 0 saturated carbocycles. The Kier molecular flexibility index (Phi) is 4.60. The fraction of sp³-hybridized carbons (Fsp3) is 0.0909. The molecule has 0 saturated heterocycles. The second kappa shape index (κ2) is 5.97. The van der Waals surface area contributed by atoms with Crippen LogP contribution in [0.3, 0.4) is 0 Å². The highest BCUT2D eigenvalue weighted by atomic mass is 32.2. The van der Waals surface area contributed by atoms with Gasteiger partial charge >= 0.3 is 5.97 Å². The van der Waals surface area contributed by atoms with Crippen LogP contribution in [-0.4, -0.2) is 23.2 Å². The van der Waals surface area contributed by atoms with Crippen molar-refractivity contribution in [3.05, 3.63) is 41.3 Å². The van der Waals surface area contributed by atoms with Crippen LogP contribution < -0.4 is 5.32 Å². The second-order valence-electron chi connectivity index (χ2n) is 2.87. The zero-order valence-electron chi connectivity index (χ0n) is 8.64. The molecule has 0 spiro atoms. The molecule has 84 valence electrons. The first kappa shape index (κ1) is 12.3. The van der Waals surface area contributed by atoms with Crippen LogP contribution in [0.1, 0.15) is 0 Å². The molecule has 0 aliphatic heterocycles. The van der Waals surface area contributed by atoms with Crippen LogP contribution in [0.25, 0.3) is 0 Å². The molecular weight excluding hydrogens is 226 g/mol. The number of thioether (sulfide) groups is 1. The second-order valence-corrected chi connectivity index (χ2v) is 3.72. The highest BCUT2D eigenvalue weighted by Gasteiger charge is 2.08. The highest BCUT2D eigenvalue weighted by molar-refractivity contribution is 8.03. The maximum atomic E-state index is 11.4. The lowest BCUT2D eigenvalue weighted by Gasteiger charge is -2.02. The molecule has 0 radical (unpaired) electrons. The van der Waals surface area contributed by atoms with E-state index in [1.54, 1.807) is 30.5 Å². The van der Waals surface area contributed by atoms with Crippen molar-refractivity contribution in [1.29, 1.82) is 0 Å². The lowest BCUT2D eigenvalue weighted by atomic mass is 10.3. The van der Waals surface area contributed by atoms with Gasteiger partial charge in [0.05, 0.1) is 4.91 Å². The number of benzene rings is 1. The van der Waals surface area contributed by atoms with Gasteiger partial charge in [-0.25, -0.2) is 4.79 Å². The fourth-order valence-electron chi connectivity index (χ4n) is 1.03. The van der Waals surface area contributed by atoms with Crippen molar-refractivity contribution in [3.8, 4) is 0 Å². The molecule has 2 N–H and O–H groups in total. The van der Waals surface area contributed by atoms with E-state index in [1.165, 1.54) is 0 Å². The predicted molar refractivity (Wildman–Crippen MR) is 64.3 cm³/mol. The molecule has 16 heavy (non-hydrogen) atoms. The largest absolute Gasteiger partial charge is 0.477 e. The van der Waals surface area contributed by atoms with E-state index in [0.29, 0.717) is 5.69 Å². The summed E-state index contributed by atoms with van der Waals surface area (Å²) in [5.74, 6) is -1.55. The topological polar surface area (TPSA) is 66.4 Å². The number of carboxylic acid groups (broad SMARTS) is 1. The molecule has 1 aromatic carbocycles. The van der Waals surface area contributed by atoms with Crippen LogP contribution >= 0.6 is 11.8 Å². The minimum atomic E-state index is -1.10. The van der Waals surface area contributed by atoms with Gasteiger partial charge in [0.25, 0.3) is 0 Å². The maximum absolute atomic E-state index is 11.4. The van der Waals surface area contributed by atoms with Gasteiger partial charge < -0.3 is 10.4 Å². The summed E-state index contributed by atoms with van der Waals surface area (Å²) in [6.07, 6.45) is 2.68. The summed E-state index contributed by atoms with van der Waals surface area (Å²) >= 11 is 1.02. The molecule has 4 nitrogen and oxygen atoms in total. The van der Waals surface area contributed by atoms with E-state index in [2.05, 4.69) is 5.32 Å². The number of hydrogen-bond donors (Lipinski definition) is 2. The van der Waals surface area contributed by atoms with E-state index in [4.69, 9.17) is 5.11 Å². The van der Waals surface area contributed by atoms with Gasteiger partial charge in [0.15, 0.2) is 0 Å². The quantitative estimate of drug-likeness (QED) is 0.785. The van der Waals surface area contributed by atoms with Crippen LogP contribution in [0.15, 0.2) is 41.3 Å². The number of carbonyl (C=O) groups is 2. The van der Waals surface area contributed by atoms with E-state index >= 15 is 0 Å². The Hall–Kier alpha value is -1.75. The minimum absolute atomic E-state index is 0.00781. The molecular formula is C11H11NO3S. The summed E-state index contributed by atoms with van der Waals surface area (Å²) in [4.78, 5) is 22.1. The normalized spacial score (nSPS) is 10.9. The predicted octanol–water partition coefficient (Wildman–Crippen LogP) is 1.96. The average Bonchev–Trinajstić information content (AvgIpc) is 2.27. The van der Waals surface area contributed by atoms with E-state index in [9.17, 15) is 9.59 Å². The van der Waals surface area contributed by atoms with Gasteiger partial charge in [-0.2, -0.15) is 0 Å². The van der Waals surface area contributed by atoms with Crippen molar-refractivity contribution in [3.63, 3.8) is 0 Å². The number of carboxylic acids is 1. The number of nitrogens with one attached hydrogen (secondary N) is 1. The summed E-state index contributed by atoms with van der Waals surface area (Å²) < 4.78 is 0. The summed E-state index contributed by atoms with van der Waals surface area (Å²) in [6, 6.07) is 8.85. The number of carbonyl (C=O) groups excluding carboxylic acids is 1. The van der Waals surface area contributed by atoms with Gasteiger partial charge in [0.1, 0.15) is 0 Å². The number of hydrogen-bond acceptors (Lipinski definition) is 3. The van der Waals surface area contributed by atoms with Gasteiger partial charge in [-0.3, -0.25) is 4.79 Å². The number of para-hydroxylation sites is 1. The molecule has 0 heterocycles. The van der Waals surface area contributed by atoms with Crippen molar-refractivity contribution in [2.24, 2.45) is 0 Å². The zero-order chi connectivity index (χ0) is 12.0. The third kappa shape index (κ3) is 3.78. The van der Waals surface area contributed by atoms with Crippen LogP contribution in [0.2, 0.25) is 0 Å². The van der Waals surface area contributed by atoms with Crippen LogP contribution in [-0.2, 0) is 9.59 Å². The molecule has 0 aliphatic rings. The molecule has 0 unspecified atom stereocenters. The van der Waals surface area contributed by atoms with Gasteiger partial charge in [-0.1, -0.05) is 18.2 Å². The SMILES string of the molecule is CSC(=CC(=O)Nc1ccccc1)C(=O)O. The van der Waals surface area contributed by atoms with Gasteiger partial charge in [-0.15, -0.1) is 11.8 Å². The van der Waals surface area contributed by atoms with Crippen LogP contribution in [0.4, 0.5) is 5.69 Å². The van der Waals surface area contributed by atoms with Crippen molar-refractivity contribution < 1.29 is 14.7 Å². The number of rotatable bonds is 4. The first-order valence-electron chi connectivity index (χ1n) is 4.48. The maximum Gasteiger partial charge on any atom is 0.342 e. The van der Waals surface area contributed by atoms with Gasteiger partial charge in [0.2, 0.25) is 5.91 Å². The first-order valence-corrected chi connectivity index (χ1v) is 5.71. The lowest BCUT2D eigenvalue weighted by molar-refractivity contribution is -0.132. The third-order valence-electron chi connectivity index (χ3n) is 1.73. The molecule has 5 heteroatoms. The molecule has 1 amide bonds. The standard InChI is InChI=1S/C11H11NO3S/c1-16-9(11(14)15)7-10(13)12-8-5-3-2-4-6-8/h2-7H,1H3,(H,12,13)(H,14,15). The number of aliphatic carboxylic acids is 1. The average molecular weight is 237 g/mol. The monoisotopic (exact) mass is 237 g/mol. The van der Waals surface area contributed by atoms with Crippen molar-refractivity contribution in [1.82, 2.24) is 0 Å². The molecule has 1 aromatic rings. The Morgan fingerprint density at radius 3 is 2.44 bits per heavy atom. The third-order valence-corrected chi connectivity index (χ3v) is 2.47. The fourth-order valence-corrected chi connectivity index (χ4v) is 1.43. The molecule has 0 bridgehead atoms. The summed E-state index contributed by atoms with van der Waals surface area (Å²) in [7, 11) is 0. The van der Waals surface area contributed by atoms with Gasteiger partial charge in [-0.05, 0) is 18.4 Å². The van der Waals surface area contributed by atoms with E-state index < -0.39 is 11.9 Å². The highest BCUT2D eigenvalue weighted by Crippen LogP contribution is 2.12. The Bertz CT molecular complexity index is 414. The zero-order valence-corrected chi connectivity index (χ0v) is 9.45. The van der Waals surface area contributed by atoms with Crippen molar-refractivity contribution in [2.45, 2.75) is 0 Å². The van der Waals surface area contributed by atoms with E-state index in [-0.39, 0.29) is 4.91 Å². The van der Waals surface area contributed by atoms with Crippen LogP contribution in [0, 0.1) is 0 Å². The molecule has 0 fully saturated rings. The first-order chi connectivity index (χ1) is 7.63. The van der Waals surface area contributed by atoms with Crippen molar-refractivity contribution in [2.75, 3.05) is 11.6 Å². The van der Waals surface area contributed by atoms with E-state index in [1.807, 2.05) is 6.07 Å². The Morgan fingerprint density at radius 2 is 1.94 bits per heavy atom. The molecule has 0 aliphatic carbocycles. The molecule has 0 atom stereocenters. The minimum Gasteiger partial charge on any atom is -0.477 e. The Morgan fingerprint density at radius 1 is 1.31 bits per heavy atom. The van der Waals surface area contributed by atoms with Crippen LogP contribution in [0.5, 0.6) is 0 Å².